The van der Waals surface area contributed by atoms with Gasteiger partial charge < -0.3 is 4.90 Å². The van der Waals surface area contributed by atoms with Gasteiger partial charge in [0.2, 0.25) is 0 Å². The molecule has 1 fully saturated rings. The van der Waals surface area contributed by atoms with Gasteiger partial charge in [0, 0.05) is 50.4 Å². The first-order valence-electron chi connectivity index (χ1n) is 8.75. The molecule has 0 unspecified atom stereocenters. The van der Waals surface area contributed by atoms with E-state index >= 15 is 0 Å². The minimum absolute atomic E-state index is 0.0757. The highest BCUT2D eigenvalue weighted by atomic mass is 16.6. The van der Waals surface area contributed by atoms with E-state index in [-0.39, 0.29) is 16.5 Å². The summed E-state index contributed by atoms with van der Waals surface area (Å²) in [5, 5.41) is 10.9. The molecule has 6 heteroatoms. The van der Waals surface area contributed by atoms with E-state index in [0.717, 1.165) is 35.3 Å². The van der Waals surface area contributed by atoms with Crippen LogP contribution >= 0.6 is 0 Å². The number of nitrogens with zero attached hydrogens (tertiary/aromatic N) is 3. The Morgan fingerprint density at radius 1 is 1.04 bits per heavy atom. The second-order valence-electron chi connectivity index (χ2n) is 6.87. The van der Waals surface area contributed by atoms with Crippen LogP contribution in [-0.2, 0) is 6.54 Å². The van der Waals surface area contributed by atoms with Crippen molar-refractivity contribution in [2.45, 2.75) is 20.4 Å². The van der Waals surface area contributed by atoms with Gasteiger partial charge in [0.25, 0.3) is 11.6 Å². The van der Waals surface area contributed by atoms with Crippen LogP contribution in [0.3, 0.4) is 0 Å². The van der Waals surface area contributed by atoms with Crippen molar-refractivity contribution in [3.05, 3.63) is 74.8 Å². The van der Waals surface area contributed by atoms with Crippen LogP contribution in [0.2, 0.25) is 0 Å². The van der Waals surface area contributed by atoms with E-state index in [0.29, 0.717) is 19.6 Å². The maximum Gasteiger partial charge on any atom is 0.269 e. The molecule has 0 aromatic heterocycles. The van der Waals surface area contributed by atoms with Gasteiger partial charge in [0.05, 0.1) is 4.92 Å². The maximum absolute atomic E-state index is 12.7. The molecule has 0 N–H and O–H groups in total. The number of amides is 1. The third-order valence-electron chi connectivity index (χ3n) is 4.66. The average Bonchev–Trinajstić information content (AvgIpc) is 2.61. The summed E-state index contributed by atoms with van der Waals surface area (Å²) >= 11 is 0. The Hall–Kier alpha value is -2.73. The van der Waals surface area contributed by atoms with Gasteiger partial charge in [-0.1, -0.05) is 29.3 Å². The van der Waals surface area contributed by atoms with E-state index in [4.69, 9.17) is 0 Å². The standard InChI is InChI=1S/C20H23N3O3/c1-15-10-16(2)12-18(11-15)20(24)22-8-6-21(7-9-22)14-17-4-3-5-19(13-17)23(25)26/h3-5,10-13H,6-9,14H2,1-2H3. The van der Waals surface area contributed by atoms with Crippen LogP contribution in [-0.4, -0.2) is 46.8 Å². The highest BCUT2D eigenvalue weighted by Crippen LogP contribution is 2.17. The van der Waals surface area contributed by atoms with Crippen molar-refractivity contribution in [3.63, 3.8) is 0 Å². The van der Waals surface area contributed by atoms with E-state index in [1.807, 2.05) is 36.9 Å². The zero-order valence-electron chi connectivity index (χ0n) is 15.1. The van der Waals surface area contributed by atoms with Crippen molar-refractivity contribution in [3.8, 4) is 0 Å². The van der Waals surface area contributed by atoms with Gasteiger partial charge >= 0.3 is 0 Å². The van der Waals surface area contributed by atoms with Crippen LogP contribution in [0.15, 0.2) is 42.5 Å². The number of nitro benzene ring substituents is 1. The lowest BCUT2D eigenvalue weighted by Crippen LogP contribution is -2.48. The molecule has 2 aromatic carbocycles. The fraction of sp³-hybridized carbons (Fsp3) is 0.350. The normalized spacial score (nSPS) is 15.1. The molecule has 136 valence electrons. The highest BCUT2D eigenvalue weighted by Gasteiger charge is 2.22. The summed E-state index contributed by atoms with van der Waals surface area (Å²) in [5.41, 5.74) is 3.98. The molecule has 6 nitrogen and oxygen atoms in total. The molecule has 0 bridgehead atoms. The number of aryl methyl sites for hydroxylation is 2. The molecule has 0 aliphatic carbocycles. The smallest absolute Gasteiger partial charge is 0.269 e. The number of nitro groups is 1. The highest BCUT2D eigenvalue weighted by molar-refractivity contribution is 5.94. The van der Waals surface area contributed by atoms with Crippen molar-refractivity contribution in [2.75, 3.05) is 26.2 Å². The molecule has 3 rings (SSSR count). The number of carbonyl (C=O) groups is 1. The molecule has 0 saturated carbocycles. The lowest BCUT2D eigenvalue weighted by atomic mass is 10.1. The number of rotatable bonds is 4. The van der Waals surface area contributed by atoms with Crippen molar-refractivity contribution >= 4 is 11.6 Å². The third kappa shape index (κ3) is 4.26. The van der Waals surface area contributed by atoms with E-state index in [9.17, 15) is 14.9 Å². The molecule has 0 atom stereocenters. The van der Waals surface area contributed by atoms with Gasteiger partial charge in [0.1, 0.15) is 0 Å². The number of hydrogen-bond donors (Lipinski definition) is 0. The van der Waals surface area contributed by atoms with Crippen LogP contribution < -0.4 is 0 Å². The van der Waals surface area contributed by atoms with Gasteiger partial charge in [0.15, 0.2) is 0 Å². The predicted molar refractivity (Wildman–Crippen MR) is 100 cm³/mol. The first-order valence-corrected chi connectivity index (χ1v) is 8.75. The number of hydrogen-bond acceptors (Lipinski definition) is 4. The van der Waals surface area contributed by atoms with Crippen LogP contribution in [0, 0.1) is 24.0 Å². The predicted octanol–water partition coefficient (Wildman–Crippen LogP) is 3.17. The SMILES string of the molecule is Cc1cc(C)cc(C(=O)N2CCN(Cc3cccc([N+](=O)[O-])c3)CC2)c1. The lowest BCUT2D eigenvalue weighted by Gasteiger charge is -2.34. The summed E-state index contributed by atoms with van der Waals surface area (Å²) in [4.78, 5) is 27.4. The number of carbonyl (C=O) groups excluding carboxylic acids is 1. The Morgan fingerprint density at radius 2 is 1.69 bits per heavy atom. The van der Waals surface area contributed by atoms with Crippen LogP contribution in [0.1, 0.15) is 27.0 Å². The molecule has 1 aliphatic heterocycles. The molecule has 1 aliphatic rings. The second kappa shape index (κ2) is 7.66. The van der Waals surface area contributed by atoms with E-state index < -0.39 is 0 Å². The first-order chi connectivity index (χ1) is 12.4. The third-order valence-corrected chi connectivity index (χ3v) is 4.66. The van der Waals surface area contributed by atoms with Crippen molar-refractivity contribution in [1.82, 2.24) is 9.80 Å². The quantitative estimate of drug-likeness (QED) is 0.625. The summed E-state index contributed by atoms with van der Waals surface area (Å²) in [7, 11) is 0. The lowest BCUT2D eigenvalue weighted by molar-refractivity contribution is -0.384. The Labute approximate surface area is 153 Å². The Bertz CT molecular complexity index is 807. The molecule has 0 radical (unpaired) electrons. The molecule has 1 amide bonds. The minimum atomic E-state index is -0.371. The number of non-ortho nitro benzene ring substituents is 1. The molecule has 0 spiro atoms. The summed E-state index contributed by atoms with van der Waals surface area (Å²) in [6.45, 7) is 7.52. The van der Waals surface area contributed by atoms with Gasteiger partial charge in [-0.2, -0.15) is 0 Å². The van der Waals surface area contributed by atoms with Crippen molar-refractivity contribution in [2.24, 2.45) is 0 Å². The van der Waals surface area contributed by atoms with Crippen LogP contribution in [0.4, 0.5) is 5.69 Å². The zero-order chi connectivity index (χ0) is 18.7. The van der Waals surface area contributed by atoms with E-state index in [1.165, 1.54) is 6.07 Å². The average molecular weight is 353 g/mol. The van der Waals surface area contributed by atoms with E-state index in [1.54, 1.807) is 12.1 Å². The van der Waals surface area contributed by atoms with E-state index in [2.05, 4.69) is 11.0 Å². The second-order valence-corrected chi connectivity index (χ2v) is 6.87. The van der Waals surface area contributed by atoms with Crippen LogP contribution in [0.25, 0.3) is 0 Å². The molecule has 1 heterocycles. The fourth-order valence-corrected chi connectivity index (χ4v) is 3.42. The number of benzene rings is 2. The van der Waals surface area contributed by atoms with Crippen molar-refractivity contribution < 1.29 is 9.72 Å². The molecule has 1 saturated heterocycles. The van der Waals surface area contributed by atoms with Gasteiger partial charge in [-0.15, -0.1) is 0 Å². The molecular weight excluding hydrogens is 330 g/mol. The molecular formula is C20H23N3O3. The molecule has 2 aromatic rings. The fourth-order valence-electron chi connectivity index (χ4n) is 3.42. The number of piperazine rings is 1. The zero-order valence-corrected chi connectivity index (χ0v) is 15.1. The summed E-state index contributed by atoms with van der Waals surface area (Å²) in [5.74, 6) is 0.0757. The maximum atomic E-state index is 12.7. The monoisotopic (exact) mass is 353 g/mol. The Kier molecular flexibility index (Phi) is 5.32. The Balaban J connectivity index is 1.59. The summed E-state index contributed by atoms with van der Waals surface area (Å²) in [6.07, 6.45) is 0. The van der Waals surface area contributed by atoms with Crippen molar-refractivity contribution in [1.29, 1.82) is 0 Å². The van der Waals surface area contributed by atoms with Gasteiger partial charge in [-0.25, -0.2) is 0 Å². The Morgan fingerprint density at radius 3 is 2.31 bits per heavy atom. The van der Waals surface area contributed by atoms with Gasteiger partial charge in [-0.3, -0.25) is 19.8 Å². The first kappa shape index (κ1) is 18.1. The largest absolute Gasteiger partial charge is 0.336 e. The summed E-state index contributed by atoms with van der Waals surface area (Å²) < 4.78 is 0. The van der Waals surface area contributed by atoms with Gasteiger partial charge in [-0.05, 0) is 31.5 Å². The topological polar surface area (TPSA) is 66.7 Å². The minimum Gasteiger partial charge on any atom is -0.336 e. The summed E-state index contributed by atoms with van der Waals surface area (Å²) in [6, 6.07) is 12.7. The van der Waals surface area contributed by atoms with Crippen LogP contribution in [0.5, 0.6) is 0 Å². The molecule has 26 heavy (non-hydrogen) atoms.